The fourth-order valence-electron chi connectivity index (χ4n) is 4.49. The minimum atomic E-state index is -3.16. The van der Waals surface area contributed by atoms with Crippen LogP contribution in [0.15, 0.2) is 29.4 Å². The van der Waals surface area contributed by atoms with E-state index in [2.05, 4.69) is 25.0 Å². The van der Waals surface area contributed by atoms with E-state index in [1.165, 1.54) is 19.2 Å². The predicted molar refractivity (Wildman–Crippen MR) is 131 cm³/mol. The molecule has 1 unspecified atom stereocenters. The normalized spacial score (nSPS) is 31.0. The van der Waals surface area contributed by atoms with Crippen molar-refractivity contribution in [3.63, 3.8) is 0 Å². The van der Waals surface area contributed by atoms with E-state index in [9.17, 15) is 18.1 Å². The number of nitrogens with one attached hydrogen (secondary N) is 2. The zero-order valence-electron chi connectivity index (χ0n) is 19.5. The summed E-state index contributed by atoms with van der Waals surface area (Å²) in [5.41, 5.74) is 4.75. The summed E-state index contributed by atoms with van der Waals surface area (Å²) in [5.74, 6) is -4.67. The van der Waals surface area contributed by atoms with E-state index in [4.69, 9.17) is 17.3 Å². The number of nitrogens with zero attached hydrogens (tertiary/aromatic N) is 3. The fraction of sp³-hybridized carbons (Fsp3) is 0.455. The molecule has 2 aliphatic heterocycles. The molecule has 5 N–H and O–H groups in total. The first-order valence-corrected chi connectivity index (χ1v) is 12.8. The lowest BCUT2D eigenvalue weighted by Gasteiger charge is -2.61. The lowest BCUT2D eigenvalue weighted by Crippen LogP contribution is -2.65. The van der Waals surface area contributed by atoms with Crippen molar-refractivity contribution in [3.05, 3.63) is 52.2 Å². The number of aromatic nitrogens is 2. The van der Waals surface area contributed by atoms with Gasteiger partial charge >= 0.3 is 0 Å². The van der Waals surface area contributed by atoms with Crippen LogP contribution in [0.2, 0.25) is 5.02 Å². The average Bonchev–Trinajstić information content (AvgIpc) is 2.75. The fourth-order valence-corrected chi connectivity index (χ4v) is 8.08. The lowest BCUT2D eigenvalue weighted by molar-refractivity contribution is -0.0148. The number of amides is 1. The molecule has 2 aromatic heterocycles. The van der Waals surface area contributed by atoms with E-state index < -0.39 is 56.6 Å². The Kier molecular flexibility index (Phi) is 6.11. The number of halogens is 4. The number of aliphatic imine (C=N–C) groups is 1. The van der Waals surface area contributed by atoms with Gasteiger partial charge in [-0.2, -0.15) is 0 Å². The number of rotatable bonds is 3. The van der Waals surface area contributed by atoms with Crippen molar-refractivity contribution in [1.82, 2.24) is 14.7 Å². The molecular formula is C22H26ClF3N6O2S. The number of carbonyl (C=O) groups excluding carboxylic acids is 1. The largest absolute Gasteiger partial charge is 0.386 e. The Bertz CT molecular complexity index is 1250. The van der Waals surface area contributed by atoms with E-state index in [0.717, 1.165) is 6.07 Å². The minimum absolute atomic E-state index is 0.0110. The molecule has 0 bridgehead atoms. The highest BCUT2D eigenvalue weighted by atomic mass is 35.5. The van der Waals surface area contributed by atoms with Gasteiger partial charge in [0.1, 0.15) is 34.4 Å². The van der Waals surface area contributed by atoms with Gasteiger partial charge in [-0.05, 0) is 51.5 Å². The highest BCUT2D eigenvalue weighted by molar-refractivity contribution is 8.29. The molecule has 13 heteroatoms. The van der Waals surface area contributed by atoms with Crippen LogP contribution in [-0.2, 0) is 5.54 Å². The van der Waals surface area contributed by atoms with Gasteiger partial charge in [-0.3, -0.25) is 14.5 Å². The predicted octanol–water partition coefficient (Wildman–Crippen LogP) is 4.38. The van der Waals surface area contributed by atoms with Crippen LogP contribution in [0.1, 0.15) is 48.9 Å². The van der Waals surface area contributed by atoms with Crippen molar-refractivity contribution >= 4 is 39.7 Å². The van der Waals surface area contributed by atoms with Crippen LogP contribution in [0.5, 0.6) is 0 Å². The Hall–Kier alpha value is -2.41. The van der Waals surface area contributed by atoms with Crippen LogP contribution in [0.3, 0.4) is 0 Å². The molecule has 0 radical (unpaired) electrons. The quantitative estimate of drug-likeness (QED) is 0.466. The first-order chi connectivity index (χ1) is 16.1. The van der Waals surface area contributed by atoms with Gasteiger partial charge in [-0.1, -0.05) is 22.1 Å². The van der Waals surface area contributed by atoms with Gasteiger partial charge in [0.05, 0.1) is 21.6 Å². The van der Waals surface area contributed by atoms with Gasteiger partial charge < -0.3 is 15.6 Å². The summed E-state index contributed by atoms with van der Waals surface area (Å²) in [4.78, 5) is 25.4. The standard InChI is InChI=1S/C22H26ClF3N6O2S/c1-11-7-12(23)9-28-16(11)18(33)31-15-6-5-13(24)17(30-15)21(4)14-8-22(25,26)10-29-35(14,34)20(2,3)19(27)32-21/h5-7,9,14,29,34H,8,10H2,1-4H3,(H2,27,32)(H,30,31,33)/t14-,21+/m1/s1. The molecule has 2 aromatic rings. The summed E-state index contributed by atoms with van der Waals surface area (Å²) in [5, 5.41) is 1.69. The topological polar surface area (TPSA) is 126 Å². The van der Waals surface area contributed by atoms with Crippen LogP contribution >= 0.6 is 22.1 Å². The summed E-state index contributed by atoms with van der Waals surface area (Å²) in [6.45, 7) is 5.57. The Morgan fingerprint density at radius 3 is 2.69 bits per heavy atom. The van der Waals surface area contributed by atoms with Gasteiger partial charge in [0, 0.05) is 12.6 Å². The van der Waals surface area contributed by atoms with Gasteiger partial charge in [0.2, 0.25) is 0 Å². The summed E-state index contributed by atoms with van der Waals surface area (Å²) in [7, 11) is -3.04. The number of nitrogens with two attached hydrogens (primary N) is 1. The maximum Gasteiger partial charge on any atom is 0.275 e. The molecule has 1 saturated heterocycles. The van der Waals surface area contributed by atoms with Gasteiger partial charge in [0.25, 0.3) is 11.8 Å². The molecule has 4 heterocycles. The SMILES string of the molecule is Cc1cc(Cl)cnc1C(=O)Nc1ccc(F)c([C@@]2(C)N=C(N)C(C)(C)S3(O)NCC(F)(F)C[C@H]23)n1. The molecule has 1 fully saturated rings. The summed E-state index contributed by atoms with van der Waals surface area (Å²) in [6.07, 6.45) is 0.573. The number of hydrogen-bond acceptors (Lipinski definition) is 7. The van der Waals surface area contributed by atoms with Gasteiger partial charge in [0.15, 0.2) is 0 Å². The summed E-state index contributed by atoms with van der Waals surface area (Å²) >= 11 is 5.89. The van der Waals surface area contributed by atoms with E-state index in [1.54, 1.807) is 26.8 Å². The lowest BCUT2D eigenvalue weighted by atomic mass is 9.88. The Labute approximate surface area is 207 Å². The summed E-state index contributed by atoms with van der Waals surface area (Å²) < 4.78 is 57.4. The number of anilines is 1. The molecule has 4 rings (SSSR count). The van der Waals surface area contributed by atoms with E-state index in [1.807, 2.05) is 0 Å². The highest BCUT2D eigenvalue weighted by Gasteiger charge is 2.64. The molecule has 0 saturated carbocycles. The van der Waals surface area contributed by atoms with Crippen molar-refractivity contribution in [2.75, 3.05) is 11.9 Å². The second-order valence-corrected chi connectivity index (χ2v) is 13.0. The number of fused-ring (bicyclic) bond motifs is 1. The maximum absolute atomic E-state index is 15.2. The van der Waals surface area contributed by atoms with Crippen molar-refractivity contribution < 1.29 is 22.5 Å². The number of alkyl halides is 2. The van der Waals surface area contributed by atoms with Crippen LogP contribution < -0.4 is 15.8 Å². The third-order valence-corrected chi connectivity index (χ3v) is 10.7. The van der Waals surface area contributed by atoms with E-state index in [0.29, 0.717) is 10.6 Å². The van der Waals surface area contributed by atoms with Crippen molar-refractivity contribution in [3.8, 4) is 0 Å². The van der Waals surface area contributed by atoms with Gasteiger partial charge in [-0.15, -0.1) is 0 Å². The van der Waals surface area contributed by atoms with E-state index in [-0.39, 0.29) is 23.0 Å². The van der Waals surface area contributed by atoms with Crippen LogP contribution in [-0.4, -0.2) is 48.7 Å². The molecule has 35 heavy (non-hydrogen) atoms. The maximum atomic E-state index is 15.2. The molecular weight excluding hydrogens is 505 g/mol. The number of pyridine rings is 2. The second-order valence-electron chi connectivity index (χ2n) is 9.45. The zero-order valence-corrected chi connectivity index (χ0v) is 21.1. The molecule has 8 nitrogen and oxygen atoms in total. The van der Waals surface area contributed by atoms with Crippen molar-refractivity contribution in [1.29, 1.82) is 0 Å². The Balaban J connectivity index is 1.79. The molecule has 0 aliphatic carbocycles. The second kappa shape index (κ2) is 8.32. The Morgan fingerprint density at radius 2 is 2.03 bits per heavy atom. The zero-order chi connectivity index (χ0) is 26.0. The smallest absolute Gasteiger partial charge is 0.275 e. The first kappa shape index (κ1) is 25.7. The van der Waals surface area contributed by atoms with E-state index >= 15 is 4.39 Å². The van der Waals surface area contributed by atoms with Gasteiger partial charge in [-0.25, -0.2) is 23.1 Å². The van der Waals surface area contributed by atoms with Crippen molar-refractivity contribution in [2.45, 2.75) is 55.6 Å². The van der Waals surface area contributed by atoms with Crippen LogP contribution in [0.4, 0.5) is 19.0 Å². The third kappa shape index (κ3) is 4.15. The molecule has 0 aromatic carbocycles. The van der Waals surface area contributed by atoms with Crippen LogP contribution in [0, 0.1) is 12.7 Å². The average molecular weight is 531 g/mol. The highest BCUT2D eigenvalue weighted by Crippen LogP contribution is 2.67. The molecule has 190 valence electrons. The molecule has 3 atom stereocenters. The van der Waals surface area contributed by atoms with Crippen molar-refractivity contribution in [2.24, 2.45) is 10.7 Å². The molecule has 2 aliphatic rings. The minimum Gasteiger partial charge on any atom is -0.386 e. The third-order valence-electron chi connectivity index (χ3n) is 6.65. The Morgan fingerprint density at radius 1 is 1.34 bits per heavy atom. The number of aryl methyl sites for hydroxylation is 1. The molecule has 1 amide bonds. The number of carbonyl (C=O) groups is 1. The first-order valence-electron chi connectivity index (χ1n) is 10.7. The van der Waals surface area contributed by atoms with Crippen LogP contribution in [0.25, 0.3) is 0 Å². The monoisotopic (exact) mass is 530 g/mol. The number of amidine groups is 1. The summed E-state index contributed by atoms with van der Waals surface area (Å²) in [6, 6.07) is 3.85. The molecule has 0 spiro atoms. The number of hydrogen-bond donors (Lipinski definition) is 4.